The van der Waals surface area contributed by atoms with Gasteiger partial charge in [-0.25, -0.2) is 0 Å². The number of methoxy groups -OCH3 is 1. The Hall–Kier alpha value is -0.950. The van der Waals surface area contributed by atoms with Crippen LogP contribution in [-0.4, -0.2) is 7.11 Å². The van der Waals surface area contributed by atoms with Crippen molar-refractivity contribution < 1.29 is 4.74 Å². The highest BCUT2D eigenvalue weighted by Crippen LogP contribution is 2.15. The molecule has 0 aliphatic heterocycles. The Bertz CT molecular complexity index is 251. The third kappa shape index (κ3) is 1.99. The molecule has 0 N–H and O–H groups in total. The van der Waals surface area contributed by atoms with Crippen LogP contribution in [0.25, 0.3) is 5.76 Å². The average Bonchev–Trinajstić information content (AvgIpc) is 2.05. The molecule has 0 aliphatic carbocycles. The maximum absolute atomic E-state index is 5.69. The number of benzene rings is 1. The predicted molar refractivity (Wildman–Crippen MR) is 47.5 cm³/mol. The van der Waals surface area contributed by atoms with Crippen molar-refractivity contribution in [3.63, 3.8) is 0 Å². The van der Waals surface area contributed by atoms with E-state index in [1.807, 2.05) is 12.1 Å². The first-order valence-electron chi connectivity index (χ1n) is 3.23. The first-order chi connectivity index (χ1) is 5.24. The van der Waals surface area contributed by atoms with Gasteiger partial charge in [0.1, 0.15) is 5.76 Å². The van der Waals surface area contributed by atoms with Crippen molar-refractivity contribution in [3.05, 3.63) is 41.4 Å². The fourth-order valence-electron chi connectivity index (χ4n) is 0.754. The Labute approximate surface area is 71.3 Å². The zero-order valence-corrected chi connectivity index (χ0v) is 7.06. The van der Waals surface area contributed by atoms with Crippen LogP contribution < -0.4 is 0 Å². The van der Waals surface area contributed by atoms with Crippen molar-refractivity contribution in [2.24, 2.45) is 0 Å². The highest BCUT2D eigenvalue weighted by molar-refractivity contribution is 6.30. The highest BCUT2D eigenvalue weighted by atomic mass is 35.5. The molecule has 1 aromatic carbocycles. The molecule has 0 unspecified atom stereocenters. The lowest BCUT2D eigenvalue weighted by molar-refractivity contribution is 0.371. The van der Waals surface area contributed by atoms with E-state index in [0.29, 0.717) is 5.76 Å². The van der Waals surface area contributed by atoms with Crippen molar-refractivity contribution in [2.45, 2.75) is 0 Å². The van der Waals surface area contributed by atoms with E-state index in [-0.39, 0.29) is 0 Å². The summed E-state index contributed by atoms with van der Waals surface area (Å²) in [6.45, 7) is 3.71. The summed E-state index contributed by atoms with van der Waals surface area (Å²) in [5.41, 5.74) is 0.955. The van der Waals surface area contributed by atoms with Crippen molar-refractivity contribution in [3.8, 4) is 0 Å². The van der Waals surface area contributed by atoms with Crippen LogP contribution in [0.4, 0.5) is 0 Å². The third-order valence-corrected chi connectivity index (χ3v) is 1.66. The average molecular weight is 169 g/mol. The second-order valence-electron chi connectivity index (χ2n) is 2.13. The SMILES string of the molecule is C=C(OC)c1ccc(Cl)cc1. The molecule has 58 valence electrons. The summed E-state index contributed by atoms with van der Waals surface area (Å²) in [5.74, 6) is 0.654. The Balaban J connectivity index is 2.90. The molecule has 1 nitrogen and oxygen atoms in total. The lowest BCUT2D eigenvalue weighted by atomic mass is 10.2. The molecule has 0 aliphatic rings. The van der Waals surface area contributed by atoms with Gasteiger partial charge < -0.3 is 4.74 Å². The van der Waals surface area contributed by atoms with Gasteiger partial charge in [-0.05, 0) is 24.3 Å². The fourth-order valence-corrected chi connectivity index (χ4v) is 0.880. The smallest absolute Gasteiger partial charge is 0.118 e. The molecule has 0 aromatic heterocycles. The summed E-state index contributed by atoms with van der Waals surface area (Å²) in [7, 11) is 1.59. The molecule has 0 fully saturated rings. The molecule has 0 spiro atoms. The normalized spacial score (nSPS) is 9.27. The van der Waals surface area contributed by atoms with E-state index in [2.05, 4.69) is 6.58 Å². The molecule has 0 amide bonds. The lowest BCUT2D eigenvalue weighted by Crippen LogP contribution is -1.83. The number of halogens is 1. The lowest BCUT2D eigenvalue weighted by Gasteiger charge is -2.02. The van der Waals surface area contributed by atoms with Gasteiger partial charge in [0.05, 0.1) is 7.11 Å². The van der Waals surface area contributed by atoms with E-state index in [9.17, 15) is 0 Å². The molecular weight excluding hydrogens is 160 g/mol. The maximum Gasteiger partial charge on any atom is 0.118 e. The summed E-state index contributed by atoms with van der Waals surface area (Å²) in [4.78, 5) is 0. The van der Waals surface area contributed by atoms with Crippen molar-refractivity contribution in [1.29, 1.82) is 0 Å². The molecule has 0 heterocycles. The largest absolute Gasteiger partial charge is 0.497 e. The van der Waals surface area contributed by atoms with E-state index in [1.54, 1.807) is 19.2 Å². The van der Waals surface area contributed by atoms with Gasteiger partial charge in [-0.1, -0.05) is 18.2 Å². The molecule has 0 radical (unpaired) electrons. The van der Waals surface area contributed by atoms with Crippen LogP contribution in [0.15, 0.2) is 30.8 Å². The molecule has 11 heavy (non-hydrogen) atoms. The minimum Gasteiger partial charge on any atom is -0.497 e. The van der Waals surface area contributed by atoms with Crippen molar-refractivity contribution >= 4 is 17.4 Å². The van der Waals surface area contributed by atoms with E-state index in [1.165, 1.54) is 0 Å². The van der Waals surface area contributed by atoms with Gasteiger partial charge in [0, 0.05) is 10.6 Å². The minimum absolute atomic E-state index is 0.654. The number of hydrogen-bond donors (Lipinski definition) is 0. The molecule has 1 rings (SSSR count). The Kier molecular flexibility index (Phi) is 2.55. The van der Waals surface area contributed by atoms with Crippen LogP contribution in [-0.2, 0) is 4.74 Å². The van der Waals surface area contributed by atoms with Crippen LogP contribution in [0, 0.1) is 0 Å². The van der Waals surface area contributed by atoms with Gasteiger partial charge >= 0.3 is 0 Å². The Morgan fingerprint density at radius 3 is 2.36 bits per heavy atom. The van der Waals surface area contributed by atoms with Crippen molar-refractivity contribution in [2.75, 3.05) is 7.11 Å². The monoisotopic (exact) mass is 168 g/mol. The second kappa shape index (κ2) is 3.44. The zero-order chi connectivity index (χ0) is 8.27. The standard InChI is InChI=1S/C9H9ClO/c1-7(11-2)8-3-5-9(10)6-4-8/h3-6H,1H2,2H3. The van der Waals surface area contributed by atoms with E-state index in [4.69, 9.17) is 16.3 Å². The van der Waals surface area contributed by atoms with E-state index < -0.39 is 0 Å². The number of rotatable bonds is 2. The molecule has 1 aromatic rings. The van der Waals surface area contributed by atoms with Gasteiger partial charge in [0.2, 0.25) is 0 Å². The Morgan fingerprint density at radius 2 is 1.91 bits per heavy atom. The molecule has 2 heteroatoms. The first kappa shape index (κ1) is 8.15. The summed E-state index contributed by atoms with van der Waals surface area (Å²) in [6, 6.07) is 7.35. The summed E-state index contributed by atoms with van der Waals surface area (Å²) in [5, 5.41) is 0.720. The molecular formula is C9H9ClO. The van der Waals surface area contributed by atoms with Crippen molar-refractivity contribution in [1.82, 2.24) is 0 Å². The zero-order valence-electron chi connectivity index (χ0n) is 6.30. The number of hydrogen-bond acceptors (Lipinski definition) is 1. The number of ether oxygens (including phenoxy) is 1. The first-order valence-corrected chi connectivity index (χ1v) is 3.60. The highest BCUT2D eigenvalue weighted by Gasteiger charge is 1.95. The molecule has 0 saturated carbocycles. The molecule has 0 atom stereocenters. The van der Waals surface area contributed by atoms with Crippen LogP contribution in [0.3, 0.4) is 0 Å². The van der Waals surface area contributed by atoms with Gasteiger partial charge in [-0.15, -0.1) is 0 Å². The molecule has 0 saturated heterocycles. The van der Waals surface area contributed by atoms with E-state index >= 15 is 0 Å². The van der Waals surface area contributed by atoms with Crippen LogP contribution in [0.5, 0.6) is 0 Å². The molecule has 0 bridgehead atoms. The third-order valence-electron chi connectivity index (χ3n) is 1.41. The predicted octanol–water partition coefficient (Wildman–Crippen LogP) is 2.96. The summed E-state index contributed by atoms with van der Waals surface area (Å²) in [6.07, 6.45) is 0. The fraction of sp³-hybridized carbons (Fsp3) is 0.111. The van der Waals surface area contributed by atoms with Crippen LogP contribution in [0.1, 0.15) is 5.56 Å². The van der Waals surface area contributed by atoms with Gasteiger partial charge in [0.25, 0.3) is 0 Å². The van der Waals surface area contributed by atoms with Gasteiger partial charge in [-0.3, -0.25) is 0 Å². The van der Waals surface area contributed by atoms with Crippen LogP contribution in [0.2, 0.25) is 5.02 Å². The summed E-state index contributed by atoms with van der Waals surface area (Å²) < 4.78 is 4.94. The maximum atomic E-state index is 5.69. The topological polar surface area (TPSA) is 9.23 Å². The van der Waals surface area contributed by atoms with Crippen LogP contribution >= 0.6 is 11.6 Å². The summed E-state index contributed by atoms with van der Waals surface area (Å²) >= 11 is 5.69. The van der Waals surface area contributed by atoms with Gasteiger partial charge in [-0.2, -0.15) is 0 Å². The van der Waals surface area contributed by atoms with E-state index in [0.717, 1.165) is 10.6 Å². The second-order valence-corrected chi connectivity index (χ2v) is 2.57. The quantitative estimate of drug-likeness (QED) is 0.617. The minimum atomic E-state index is 0.654. The Morgan fingerprint density at radius 1 is 1.36 bits per heavy atom. The van der Waals surface area contributed by atoms with Gasteiger partial charge in [0.15, 0.2) is 0 Å².